The van der Waals surface area contributed by atoms with E-state index in [1.807, 2.05) is 61.8 Å². The van der Waals surface area contributed by atoms with E-state index >= 15 is 0 Å². The van der Waals surface area contributed by atoms with Gasteiger partial charge in [-0.15, -0.1) is 0 Å². The highest BCUT2D eigenvalue weighted by atomic mass is 35.5. The van der Waals surface area contributed by atoms with Crippen LogP contribution in [0.4, 0.5) is 11.6 Å². The summed E-state index contributed by atoms with van der Waals surface area (Å²) >= 11 is 8.31. The Morgan fingerprint density at radius 3 is 2.49 bits per heavy atom. The summed E-state index contributed by atoms with van der Waals surface area (Å²) in [6.07, 6.45) is 4.42. The average Bonchev–Trinajstić information content (AvgIpc) is 3.34. The molecule has 5 rings (SSSR count). The van der Waals surface area contributed by atoms with Gasteiger partial charge in [0.2, 0.25) is 11.8 Å². The molecule has 3 heterocycles. The molecule has 4 aromatic rings. The molecule has 0 saturated carbocycles. The molecule has 1 fully saturated rings. The maximum Gasteiger partial charge on any atom is 0.237 e. The van der Waals surface area contributed by atoms with Crippen LogP contribution in [0, 0.1) is 0 Å². The number of likely N-dealkylation sites (N-methyl/N-ethyl adjacent to an activating group) is 1. The van der Waals surface area contributed by atoms with E-state index in [4.69, 9.17) is 26.3 Å². The molecule has 0 spiro atoms. The summed E-state index contributed by atoms with van der Waals surface area (Å²) < 4.78 is 11.5. The number of benzene rings is 2. The third kappa shape index (κ3) is 5.84. The second-order valence-corrected chi connectivity index (χ2v) is 10.2. The summed E-state index contributed by atoms with van der Waals surface area (Å²) in [4.78, 5) is 15.2. The van der Waals surface area contributed by atoms with Gasteiger partial charge in [0.05, 0.1) is 22.5 Å². The maximum atomic E-state index is 6.91. The summed E-state index contributed by atoms with van der Waals surface area (Å²) in [7, 11) is 4.03. The second kappa shape index (κ2) is 11.4. The first-order chi connectivity index (χ1) is 18.0. The van der Waals surface area contributed by atoms with E-state index in [9.17, 15) is 0 Å². The molecule has 37 heavy (non-hydrogen) atoms. The minimum Gasteiger partial charge on any atom is -0.437 e. The first kappa shape index (κ1) is 25.4. The van der Waals surface area contributed by atoms with Crippen LogP contribution in [-0.2, 0) is 13.5 Å². The minimum absolute atomic E-state index is 0.450. The second-order valence-electron chi connectivity index (χ2n) is 8.93. The number of aryl methyl sites for hydroxylation is 1. The van der Waals surface area contributed by atoms with Gasteiger partial charge in [0.1, 0.15) is 10.8 Å². The number of aromatic nitrogens is 4. The Morgan fingerprint density at radius 1 is 1.00 bits per heavy atom. The summed E-state index contributed by atoms with van der Waals surface area (Å²) in [5, 5.41) is 4.82. The van der Waals surface area contributed by atoms with E-state index in [2.05, 4.69) is 33.6 Å². The van der Waals surface area contributed by atoms with Crippen molar-refractivity contribution in [2.24, 2.45) is 7.05 Å². The molecule has 2 aromatic carbocycles. The lowest BCUT2D eigenvalue weighted by molar-refractivity contribution is 0.313. The van der Waals surface area contributed by atoms with Crippen LogP contribution in [0.5, 0.6) is 11.6 Å². The zero-order valence-corrected chi connectivity index (χ0v) is 22.8. The Hall–Kier alpha value is -3.27. The van der Waals surface area contributed by atoms with Crippen molar-refractivity contribution in [1.82, 2.24) is 24.6 Å². The van der Waals surface area contributed by atoms with Crippen LogP contribution >= 0.6 is 23.5 Å². The van der Waals surface area contributed by atoms with E-state index in [0.717, 1.165) is 53.6 Å². The SMILES string of the molecule is CCc1c(Oc2cccc(N3CCN(C)CC3)c2Cl)nc(NSc2cnn(C)c2)nc1-c1ccccc1. The van der Waals surface area contributed by atoms with Gasteiger partial charge in [-0.1, -0.05) is 54.9 Å². The van der Waals surface area contributed by atoms with Gasteiger partial charge in [0.15, 0.2) is 0 Å². The highest BCUT2D eigenvalue weighted by Gasteiger charge is 2.21. The van der Waals surface area contributed by atoms with Crippen LogP contribution in [0.3, 0.4) is 0 Å². The van der Waals surface area contributed by atoms with Gasteiger partial charge in [-0.05, 0) is 37.5 Å². The van der Waals surface area contributed by atoms with Crippen LogP contribution in [0.15, 0.2) is 65.8 Å². The molecule has 0 amide bonds. The number of anilines is 2. The van der Waals surface area contributed by atoms with E-state index < -0.39 is 0 Å². The van der Waals surface area contributed by atoms with Crippen molar-refractivity contribution in [3.05, 3.63) is 71.5 Å². The van der Waals surface area contributed by atoms with Crippen molar-refractivity contribution in [2.75, 3.05) is 42.8 Å². The van der Waals surface area contributed by atoms with E-state index in [-0.39, 0.29) is 0 Å². The third-order valence-corrected chi connectivity index (χ3v) is 7.42. The Labute approximate surface area is 226 Å². The zero-order valence-electron chi connectivity index (χ0n) is 21.2. The number of ether oxygens (including phenoxy) is 1. The molecule has 2 aromatic heterocycles. The number of hydrogen-bond donors (Lipinski definition) is 1. The smallest absolute Gasteiger partial charge is 0.237 e. The van der Waals surface area contributed by atoms with Crippen molar-refractivity contribution in [3.63, 3.8) is 0 Å². The fourth-order valence-electron chi connectivity index (χ4n) is 4.28. The van der Waals surface area contributed by atoms with Gasteiger partial charge in [0, 0.05) is 50.6 Å². The van der Waals surface area contributed by atoms with Gasteiger partial charge >= 0.3 is 0 Å². The predicted molar refractivity (Wildman–Crippen MR) is 151 cm³/mol. The number of piperazine rings is 1. The van der Waals surface area contributed by atoms with Gasteiger partial charge in [-0.3, -0.25) is 9.40 Å². The largest absolute Gasteiger partial charge is 0.437 e. The molecule has 1 aliphatic heterocycles. The van der Waals surface area contributed by atoms with Gasteiger partial charge in [0.25, 0.3) is 0 Å². The molecule has 0 aliphatic carbocycles. The zero-order chi connectivity index (χ0) is 25.8. The van der Waals surface area contributed by atoms with Crippen LogP contribution in [-0.4, -0.2) is 57.9 Å². The fourth-order valence-corrected chi connectivity index (χ4v) is 5.17. The summed E-state index contributed by atoms with van der Waals surface area (Å²) in [5.41, 5.74) is 3.73. The maximum absolute atomic E-state index is 6.91. The first-order valence-electron chi connectivity index (χ1n) is 12.3. The van der Waals surface area contributed by atoms with E-state index in [1.165, 1.54) is 11.9 Å². The van der Waals surface area contributed by atoms with Crippen LogP contribution < -0.4 is 14.4 Å². The highest BCUT2D eigenvalue weighted by Crippen LogP contribution is 2.40. The molecule has 0 unspecified atom stereocenters. The van der Waals surface area contributed by atoms with Crippen molar-refractivity contribution in [2.45, 2.75) is 18.2 Å². The van der Waals surface area contributed by atoms with Crippen molar-refractivity contribution < 1.29 is 4.74 Å². The average molecular weight is 536 g/mol. The summed E-state index contributed by atoms with van der Waals surface area (Å²) in [6.45, 7) is 5.92. The first-order valence-corrected chi connectivity index (χ1v) is 13.5. The monoisotopic (exact) mass is 535 g/mol. The molecular formula is C27H30ClN7OS. The van der Waals surface area contributed by atoms with E-state index in [0.29, 0.717) is 29.0 Å². The van der Waals surface area contributed by atoms with Gasteiger partial charge in [-0.2, -0.15) is 10.1 Å². The Bertz CT molecular complexity index is 1360. The molecule has 0 bridgehead atoms. The van der Waals surface area contributed by atoms with Crippen LogP contribution in [0.25, 0.3) is 11.3 Å². The molecule has 1 saturated heterocycles. The van der Waals surface area contributed by atoms with Gasteiger partial charge in [-0.25, -0.2) is 4.98 Å². The quantitative estimate of drug-likeness (QED) is 0.286. The summed E-state index contributed by atoms with van der Waals surface area (Å²) in [6, 6.07) is 16.0. The minimum atomic E-state index is 0.450. The standard InChI is InChI=1S/C27H30ClN7OS/c1-4-21-25(19-9-6-5-7-10-19)30-27(32-37-20-17-29-34(3)18-20)31-26(21)36-23-12-8-11-22(24(23)28)35-15-13-33(2)14-16-35/h5-12,17-18H,4,13-16H2,1-3H3,(H,30,31,32). The lowest BCUT2D eigenvalue weighted by Crippen LogP contribution is -2.44. The Morgan fingerprint density at radius 2 is 1.78 bits per heavy atom. The molecular weight excluding hydrogens is 506 g/mol. The van der Waals surface area contributed by atoms with Crippen molar-refractivity contribution in [3.8, 4) is 22.9 Å². The van der Waals surface area contributed by atoms with Crippen molar-refractivity contribution in [1.29, 1.82) is 0 Å². The van der Waals surface area contributed by atoms with Crippen molar-refractivity contribution >= 4 is 35.2 Å². The lowest BCUT2D eigenvalue weighted by atomic mass is 10.1. The highest BCUT2D eigenvalue weighted by molar-refractivity contribution is 8.00. The molecule has 8 nitrogen and oxygen atoms in total. The molecule has 192 valence electrons. The predicted octanol–water partition coefficient (Wildman–Crippen LogP) is 5.76. The molecule has 0 radical (unpaired) electrons. The Kier molecular flexibility index (Phi) is 7.83. The number of nitrogens with one attached hydrogen (secondary N) is 1. The number of nitrogens with zero attached hydrogens (tertiary/aromatic N) is 6. The summed E-state index contributed by atoms with van der Waals surface area (Å²) in [5.74, 6) is 1.52. The van der Waals surface area contributed by atoms with Crippen LogP contribution in [0.2, 0.25) is 5.02 Å². The number of rotatable bonds is 8. The molecule has 0 atom stereocenters. The Balaban J connectivity index is 1.50. The molecule has 1 aliphatic rings. The molecule has 1 N–H and O–H groups in total. The van der Waals surface area contributed by atoms with Gasteiger partial charge < -0.3 is 14.5 Å². The lowest BCUT2D eigenvalue weighted by Gasteiger charge is -2.34. The fraction of sp³-hybridized carbons (Fsp3) is 0.296. The van der Waals surface area contributed by atoms with Crippen LogP contribution in [0.1, 0.15) is 12.5 Å². The number of hydrogen-bond acceptors (Lipinski definition) is 8. The number of halogens is 1. The third-order valence-electron chi connectivity index (χ3n) is 6.30. The topological polar surface area (TPSA) is 71.3 Å². The van der Waals surface area contributed by atoms with E-state index in [1.54, 1.807) is 10.9 Å². The molecule has 10 heteroatoms. The normalized spacial score (nSPS) is 14.1.